The number of nitrogens with zero attached hydrogens (tertiary/aromatic N) is 5. The molecule has 2 aromatic heterocycles. The van der Waals surface area contributed by atoms with E-state index in [1.807, 2.05) is 42.6 Å². The maximum absolute atomic E-state index is 5.51. The minimum Gasteiger partial charge on any atom is -0.454 e. The minimum absolute atomic E-state index is 0.0906. The number of rotatable bonds is 6. The highest BCUT2D eigenvalue weighted by atomic mass is 16.7. The summed E-state index contributed by atoms with van der Waals surface area (Å²) in [6.07, 6.45) is 3.46. The van der Waals surface area contributed by atoms with Gasteiger partial charge < -0.3 is 19.5 Å². The second-order valence-electron chi connectivity index (χ2n) is 7.03. The van der Waals surface area contributed by atoms with Crippen molar-refractivity contribution in [2.45, 2.75) is 6.04 Å². The number of morpholine rings is 1. The van der Waals surface area contributed by atoms with Crippen molar-refractivity contribution in [3.05, 3.63) is 54.5 Å². The number of pyridine rings is 1. The monoisotopic (exact) mass is 406 g/mol. The van der Waals surface area contributed by atoms with Crippen molar-refractivity contribution in [1.29, 1.82) is 0 Å². The highest BCUT2D eigenvalue weighted by Crippen LogP contribution is 2.35. The van der Waals surface area contributed by atoms with Gasteiger partial charge in [-0.2, -0.15) is 5.10 Å². The third kappa shape index (κ3) is 4.03. The Bertz CT molecular complexity index is 997. The summed E-state index contributed by atoms with van der Waals surface area (Å²) in [5.41, 5.74) is 2.62. The predicted octanol–water partition coefficient (Wildman–Crippen LogP) is 2.15. The first-order chi connectivity index (χ1) is 14.9. The number of ether oxygens (including phenoxy) is 3. The minimum atomic E-state index is 0.0906. The van der Waals surface area contributed by atoms with Crippen LogP contribution in [0.15, 0.2) is 48.8 Å². The maximum atomic E-state index is 5.51. The van der Waals surface area contributed by atoms with E-state index in [1.54, 1.807) is 6.20 Å². The van der Waals surface area contributed by atoms with E-state index in [2.05, 4.69) is 30.4 Å². The Balaban J connectivity index is 1.34. The van der Waals surface area contributed by atoms with Gasteiger partial charge in [-0.25, -0.2) is 4.98 Å². The van der Waals surface area contributed by atoms with Crippen molar-refractivity contribution >= 4 is 5.95 Å². The third-order valence-electron chi connectivity index (χ3n) is 5.20. The number of benzene rings is 1. The van der Waals surface area contributed by atoms with E-state index in [4.69, 9.17) is 14.2 Å². The molecule has 0 radical (unpaired) electrons. The first-order valence-corrected chi connectivity index (χ1v) is 9.93. The summed E-state index contributed by atoms with van der Waals surface area (Å²) in [6.45, 7) is 4.02. The smallest absolute Gasteiger partial charge is 0.243 e. The van der Waals surface area contributed by atoms with Crippen molar-refractivity contribution in [3.63, 3.8) is 0 Å². The van der Waals surface area contributed by atoms with Crippen molar-refractivity contribution in [1.82, 2.24) is 25.1 Å². The Labute approximate surface area is 174 Å². The van der Waals surface area contributed by atoms with Crippen LogP contribution in [0, 0.1) is 0 Å². The number of hydrogen-bond donors (Lipinski definition) is 1. The topological polar surface area (TPSA) is 94.5 Å². The predicted molar refractivity (Wildman–Crippen MR) is 109 cm³/mol. The lowest BCUT2D eigenvalue weighted by Crippen LogP contribution is -2.42. The molecule has 0 aliphatic carbocycles. The summed E-state index contributed by atoms with van der Waals surface area (Å²) in [6, 6.07) is 11.8. The van der Waals surface area contributed by atoms with E-state index < -0.39 is 0 Å². The molecule has 0 saturated carbocycles. The van der Waals surface area contributed by atoms with Gasteiger partial charge in [0.05, 0.1) is 36.8 Å². The number of nitrogens with one attached hydrogen (secondary N) is 1. The second-order valence-corrected chi connectivity index (χ2v) is 7.03. The number of aromatic nitrogens is 4. The summed E-state index contributed by atoms with van der Waals surface area (Å²) in [5.74, 6) is 1.92. The van der Waals surface area contributed by atoms with E-state index in [1.165, 1.54) is 0 Å². The zero-order valence-corrected chi connectivity index (χ0v) is 16.4. The molecule has 154 valence electrons. The van der Waals surface area contributed by atoms with Gasteiger partial charge in [-0.15, -0.1) is 5.10 Å². The fourth-order valence-electron chi connectivity index (χ4n) is 3.64. The van der Waals surface area contributed by atoms with E-state index in [0.29, 0.717) is 23.9 Å². The lowest BCUT2D eigenvalue weighted by molar-refractivity contribution is 0.0178. The molecule has 2 aliphatic rings. The maximum Gasteiger partial charge on any atom is 0.243 e. The van der Waals surface area contributed by atoms with Crippen molar-refractivity contribution in [3.8, 4) is 22.8 Å². The highest BCUT2D eigenvalue weighted by Gasteiger charge is 2.24. The molecule has 4 heterocycles. The largest absolute Gasteiger partial charge is 0.454 e. The van der Waals surface area contributed by atoms with Crippen LogP contribution in [0.3, 0.4) is 0 Å². The molecule has 9 nitrogen and oxygen atoms in total. The summed E-state index contributed by atoms with van der Waals surface area (Å²) >= 11 is 0. The third-order valence-corrected chi connectivity index (χ3v) is 5.20. The van der Waals surface area contributed by atoms with Gasteiger partial charge in [0.15, 0.2) is 11.5 Å². The molecule has 2 aliphatic heterocycles. The zero-order valence-electron chi connectivity index (χ0n) is 16.4. The van der Waals surface area contributed by atoms with Crippen molar-refractivity contribution in [2.75, 3.05) is 45.0 Å². The normalized spacial score (nSPS) is 16.9. The number of fused-ring (bicyclic) bond motifs is 1. The van der Waals surface area contributed by atoms with Gasteiger partial charge in [0.25, 0.3) is 0 Å². The standard InChI is InChI=1S/C21H22N6O3/c1-2-6-22-16(3-1)18(27-7-9-28-10-8-27)13-23-21-25-17(12-24-26-21)15-4-5-19-20(11-15)30-14-29-19/h1-6,11-12,18H,7-10,13-14H2,(H,23,25,26). The molecule has 1 atom stereocenters. The fourth-order valence-corrected chi connectivity index (χ4v) is 3.64. The Kier molecular flexibility index (Phi) is 5.36. The number of hydrogen-bond acceptors (Lipinski definition) is 9. The second kappa shape index (κ2) is 8.60. The van der Waals surface area contributed by atoms with Crippen LogP contribution in [0.2, 0.25) is 0 Å². The first-order valence-electron chi connectivity index (χ1n) is 9.93. The Hall–Kier alpha value is -3.30. The molecule has 1 unspecified atom stereocenters. The van der Waals surface area contributed by atoms with E-state index in [0.717, 1.165) is 43.3 Å². The lowest BCUT2D eigenvalue weighted by atomic mass is 10.1. The van der Waals surface area contributed by atoms with Gasteiger partial charge >= 0.3 is 0 Å². The van der Waals surface area contributed by atoms with Crippen LogP contribution >= 0.6 is 0 Å². The van der Waals surface area contributed by atoms with E-state index in [9.17, 15) is 0 Å². The molecule has 3 aromatic rings. The van der Waals surface area contributed by atoms with Gasteiger partial charge in [0.1, 0.15) is 0 Å². The van der Waals surface area contributed by atoms with Gasteiger partial charge in [0.2, 0.25) is 12.7 Å². The van der Waals surface area contributed by atoms with Crippen molar-refractivity contribution in [2.24, 2.45) is 0 Å². The van der Waals surface area contributed by atoms with Crippen LogP contribution in [0.5, 0.6) is 11.5 Å². The molecule has 9 heteroatoms. The van der Waals surface area contributed by atoms with Crippen LogP contribution in [0.4, 0.5) is 5.95 Å². The van der Waals surface area contributed by atoms with E-state index in [-0.39, 0.29) is 12.8 Å². The first kappa shape index (κ1) is 18.7. The average molecular weight is 406 g/mol. The van der Waals surface area contributed by atoms with Crippen LogP contribution in [0.25, 0.3) is 11.3 Å². The lowest BCUT2D eigenvalue weighted by Gasteiger charge is -2.34. The molecule has 0 bridgehead atoms. The van der Waals surface area contributed by atoms with Crippen LogP contribution < -0.4 is 14.8 Å². The molecular formula is C21H22N6O3. The molecule has 30 heavy (non-hydrogen) atoms. The molecule has 1 aromatic carbocycles. The van der Waals surface area contributed by atoms with Gasteiger partial charge in [-0.3, -0.25) is 9.88 Å². The Morgan fingerprint density at radius 1 is 1.07 bits per heavy atom. The average Bonchev–Trinajstić information content (AvgIpc) is 3.29. The van der Waals surface area contributed by atoms with Gasteiger partial charge in [0, 0.05) is 31.4 Å². The summed E-state index contributed by atoms with van der Waals surface area (Å²) in [7, 11) is 0. The van der Waals surface area contributed by atoms with Gasteiger partial charge in [-0.05, 0) is 30.3 Å². The molecule has 1 fully saturated rings. The van der Waals surface area contributed by atoms with Crippen LogP contribution in [0.1, 0.15) is 11.7 Å². The van der Waals surface area contributed by atoms with Gasteiger partial charge in [-0.1, -0.05) is 6.07 Å². The molecule has 0 amide bonds. The quantitative estimate of drug-likeness (QED) is 0.661. The highest BCUT2D eigenvalue weighted by molar-refractivity contribution is 5.64. The Morgan fingerprint density at radius 2 is 1.97 bits per heavy atom. The molecule has 0 spiro atoms. The fraction of sp³-hybridized carbons (Fsp3) is 0.333. The summed E-state index contributed by atoms with van der Waals surface area (Å²) < 4.78 is 16.3. The molecular weight excluding hydrogens is 384 g/mol. The summed E-state index contributed by atoms with van der Waals surface area (Å²) in [5, 5.41) is 11.6. The molecule has 1 saturated heterocycles. The van der Waals surface area contributed by atoms with Crippen molar-refractivity contribution < 1.29 is 14.2 Å². The Morgan fingerprint density at radius 3 is 2.83 bits per heavy atom. The number of anilines is 1. The molecule has 5 rings (SSSR count). The summed E-state index contributed by atoms with van der Waals surface area (Å²) in [4.78, 5) is 11.6. The SMILES string of the molecule is c1ccc(C(CNc2nncc(-c3ccc4c(c3)OCO4)n2)N2CCOCC2)nc1. The molecule has 1 N–H and O–H groups in total. The zero-order chi connectivity index (χ0) is 20.2. The van der Waals surface area contributed by atoms with Crippen LogP contribution in [-0.4, -0.2) is 64.7 Å². The van der Waals surface area contributed by atoms with Crippen LogP contribution in [-0.2, 0) is 4.74 Å². The van der Waals surface area contributed by atoms with E-state index >= 15 is 0 Å².